The minimum absolute atomic E-state index is 0.0328. The molecule has 3 aromatic rings. The van der Waals surface area contributed by atoms with E-state index < -0.39 is 36.3 Å². The largest absolute Gasteiger partial charge is 0.379 e. The predicted octanol–water partition coefficient (Wildman–Crippen LogP) is 5.48. The molecule has 14 nitrogen and oxygen atoms in total. The van der Waals surface area contributed by atoms with Crippen LogP contribution in [-0.2, 0) is 41.6 Å². The third-order valence-electron chi connectivity index (χ3n) is 12.2. The van der Waals surface area contributed by atoms with Crippen LogP contribution in [-0.4, -0.2) is 125 Å². The number of benzene rings is 1. The van der Waals surface area contributed by atoms with Gasteiger partial charge in [-0.1, -0.05) is 85.2 Å². The summed E-state index contributed by atoms with van der Waals surface area (Å²) in [5.41, 5.74) is 1.09. The number of nitrogens with one attached hydrogen (secondary N) is 3. The first-order chi connectivity index (χ1) is 28.6. The molecule has 2 aromatic heterocycles. The van der Waals surface area contributed by atoms with Gasteiger partial charge in [0.1, 0.15) is 16.9 Å². The van der Waals surface area contributed by atoms with Crippen molar-refractivity contribution < 1.29 is 28.7 Å². The van der Waals surface area contributed by atoms with Crippen LogP contribution in [0.25, 0.3) is 0 Å². The normalized spacial score (nSPS) is 18.4. The number of hydrogen-bond acceptors (Lipinski definition) is 10. The number of ether oxygens (including phenoxy) is 2. The average molecular weight is 851 g/mol. The Morgan fingerprint density at radius 3 is 2.23 bits per heavy atom. The fraction of sp³-hybridized carbons (Fsp3) is 0.644. The van der Waals surface area contributed by atoms with Crippen molar-refractivity contribution in [2.45, 2.75) is 130 Å². The van der Waals surface area contributed by atoms with Crippen LogP contribution in [0.5, 0.6) is 0 Å². The molecule has 4 rings (SSSR count). The third kappa shape index (κ3) is 12.5. The molecule has 4 amide bonds. The van der Waals surface area contributed by atoms with Crippen LogP contribution in [0.15, 0.2) is 54.3 Å². The van der Waals surface area contributed by atoms with Gasteiger partial charge in [-0.05, 0) is 49.6 Å². The van der Waals surface area contributed by atoms with Gasteiger partial charge in [0, 0.05) is 51.8 Å². The lowest BCUT2D eigenvalue weighted by Gasteiger charge is -2.41. The molecule has 0 bridgehead atoms. The van der Waals surface area contributed by atoms with E-state index in [1.807, 2.05) is 87.2 Å². The molecule has 1 aliphatic rings. The van der Waals surface area contributed by atoms with Crippen LogP contribution < -0.4 is 10.6 Å². The Morgan fingerprint density at radius 1 is 0.950 bits per heavy atom. The van der Waals surface area contributed by atoms with E-state index in [2.05, 4.69) is 39.4 Å². The highest BCUT2D eigenvalue weighted by atomic mass is 32.1. The molecular weight excluding hydrogens is 781 g/mol. The summed E-state index contributed by atoms with van der Waals surface area (Å²) in [5.74, 6) is -0.855. The fourth-order valence-electron chi connectivity index (χ4n) is 8.77. The first-order valence-electron chi connectivity index (χ1n) is 21.5. The maximum atomic E-state index is 14.5. The molecule has 0 saturated carbocycles. The number of carbonyl (C=O) groups is 4. The van der Waals surface area contributed by atoms with E-state index in [-0.39, 0.29) is 59.9 Å². The Balaban J connectivity index is 1.48. The van der Waals surface area contributed by atoms with Crippen molar-refractivity contribution in [1.29, 1.82) is 0 Å². The third-order valence-corrected chi connectivity index (χ3v) is 13.1. The molecule has 1 fully saturated rings. The molecule has 60 heavy (non-hydrogen) atoms. The highest BCUT2D eigenvalue weighted by molar-refractivity contribution is 7.09. The van der Waals surface area contributed by atoms with E-state index in [1.54, 1.807) is 44.8 Å². The van der Waals surface area contributed by atoms with E-state index in [0.29, 0.717) is 25.9 Å². The van der Waals surface area contributed by atoms with E-state index in [9.17, 15) is 19.2 Å². The molecule has 1 aromatic carbocycles. The van der Waals surface area contributed by atoms with Crippen molar-refractivity contribution in [3.8, 4) is 0 Å². The van der Waals surface area contributed by atoms with Gasteiger partial charge in [-0.2, -0.15) is 0 Å². The number of methoxy groups -OCH3 is 2. The zero-order valence-electron chi connectivity index (χ0n) is 37.6. The summed E-state index contributed by atoms with van der Waals surface area (Å²) in [4.78, 5) is 74.2. The van der Waals surface area contributed by atoms with Gasteiger partial charge < -0.3 is 34.9 Å². The van der Waals surface area contributed by atoms with E-state index in [1.165, 1.54) is 11.3 Å². The molecule has 9 atom stereocenters. The number of aromatic amines is 1. The van der Waals surface area contributed by atoms with Gasteiger partial charge in [0.25, 0.3) is 0 Å². The Kier molecular flexibility index (Phi) is 18.7. The molecular formula is C45H70N8O6S. The maximum Gasteiger partial charge on any atom is 0.245 e. The zero-order chi connectivity index (χ0) is 44.1. The maximum absolute atomic E-state index is 14.5. The highest BCUT2D eigenvalue weighted by Crippen LogP contribution is 2.31. The summed E-state index contributed by atoms with van der Waals surface area (Å²) in [6.45, 7) is 14.8. The number of imidazole rings is 1. The molecule has 3 heterocycles. The van der Waals surface area contributed by atoms with Crippen LogP contribution in [0.2, 0.25) is 0 Å². The predicted molar refractivity (Wildman–Crippen MR) is 235 cm³/mol. The Morgan fingerprint density at radius 2 is 1.67 bits per heavy atom. The van der Waals surface area contributed by atoms with Gasteiger partial charge in [-0.25, -0.2) is 9.97 Å². The molecule has 3 N–H and O–H groups in total. The number of likely N-dealkylation sites (tertiary alicyclic amines) is 1. The van der Waals surface area contributed by atoms with Crippen LogP contribution in [0, 0.1) is 23.7 Å². The second kappa shape index (κ2) is 23.2. The summed E-state index contributed by atoms with van der Waals surface area (Å²) in [6, 6.07) is 7.60. The monoisotopic (exact) mass is 851 g/mol. The van der Waals surface area contributed by atoms with E-state index in [4.69, 9.17) is 9.47 Å². The summed E-state index contributed by atoms with van der Waals surface area (Å²) >= 11 is 1.50. The van der Waals surface area contributed by atoms with Gasteiger partial charge in [-0.15, -0.1) is 11.3 Å². The summed E-state index contributed by atoms with van der Waals surface area (Å²) in [5, 5.41) is 9.07. The van der Waals surface area contributed by atoms with Gasteiger partial charge in [0.05, 0.1) is 55.3 Å². The van der Waals surface area contributed by atoms with Crippen LogP contribution in [0.3, 0.4) is 0 Å². The Bertz CT molecular complexity index is 1760. The van der Waals surface area contributed by atoms with Crippen molar-refractivity contribution in [2.24, 2.45) is 23.7 Å². The Labute approximate surface area is 361 Å². The van der Waals surface area contributed by atoms with Crippen LogP contribution in [0.1, 0.15) is 96.6 Å². The first kappa shape index (κ1) is 48.5. The van der Waals surface area contributed by atoms with Gasteiger partial charge in [-0.3, -0.25) is 24.1 Å². The van der Waals surface area contributed by atoms with Crippen molar-refractivity contribution >= 4 is 35.0 Å². The standard InChI is InChI=1S/C45H70N8O6S/c1-12-30(6)40(52(9)45(57)38(28(2)3)50-43(56)39(29(4)5)51(8)27-36-46-20-21-47-36)35(58-10)26-37(54)53-23-16-19-34(53)41(59-11)31(7)42(55)49-33(44-48-22-24-60-44)25-32-17-14-13-15-18-32/h13-15,17-18,20-22,24,28-31,33-35,38-41H,12,16,19,23,25-27H2,1-11H3,(H,46,47)(H,49,55)(H,50,56). The highest BCUT2D eigenvalue weighted by Gasteiger charge is 2.43. The van der Waals surface area contributed by atoms with Crippen molar-refractivity contribution in [3.05, 3.63) is 70.7 Å². The topological polar surface area (TPSA) is 162 Å². The quantitative estimate of drug-likeness (QED) is 0.112. The smallest absolute Gasteiger partial charge is 0.245 e. The zero-order valence-corrected chi connectivity index (χ0v) is 38.4. The lowest BCUT2D eigenvalue weighted by molar-refractivity contribution is -0.148. The van der Waals surface area contributed by atoms with Crippen LogP contribution >= 0.6 is 11.3 Å². The molecule has 332 valence electrons. The summed E-state index contributed by atoms with van der Waals surface area (Å²) in [6.07, 6.45) is 6.82. The van der Waals surface area contributed by atoms with Crippen molar-refractivity contribution in [2.75, 3.05) is 34.9 Å². The molecule has 1 saturated heterocycles. The number of amides is 4. The lowest BCUT2D eigenvalue weighted by Crippen LogP contribution is -2.60. The average Bonchev–Trinajstić information content (AvgIpc) is 4.04. The molecule has 0 spiro atoms. The number of thiazole rings is 1. The van der Waals surface area contributed by atoms with E-state index >= 15 is 0 Å². The number of nitrogens with zero attached hydrogens (tertiary/aromatic N) is 5. The minimum atomic E-state index is -0.804. The first-order valence-corrected chi connectivity index (χ1v) is 22.3. The number of aromatic nitrogens is 3. The number of likely N-dealkylation sites (N-methyl/N-ethyl adjacent to an activating group) is 2. The summed E-state index contributed by atoms with van der Waals surface area (Å²) in [7, 11) is 6.80. The van der Waals surface area contributed by atoms with Crippen molar-refractivity contribution in [1.82, 2.24) is 40.3 Å². The number of hydrogen-bond donors (Lipinski definition) is 3. The van der Waals surface area contributed by atoms with Gasteiger partial charge in [0.15, 0.2) is 0 Å². The van der Waals surface area contributed by atoms with E-state index in [0.717, 1.165) is 29.2 Å². The second-order valence-electron chi connectivity index (χ2n) is 17.1. The SMILES string of the molecule is CCC(C)C(C(CC(=O)N1CCCC1C(OC)C(C)C(=O)NC(Cc1ccccc1)c1nccs1)OC)N(C)C(=O)C(NC(=O)C(C(C)C)N(C)Cc1ncc[nH]1)C(C)C. The Hall–Kier alpha value is -4.18. The minimum Gasteiger partial charge on any atom is -0.379 e. The van der Waals surface area contributed by atoms with Gasteiger partial charge >= 0.3 is 0 Å². The fourth-order valence-corrected chi connectivity index (χ4v) is 9.46. The van der Waals surface area contributed by atoms with Gasteiger partial charge in [0.2, 0.25) is 23.6 Å². The number of rotatable bonds is 23. The van der Waals surface area contributed by atoms with Crippen molar-refractivity contribution in [3.63, 3.8) is 0 Å². The lowest BCUT2D eigenvalue weighted by atomic mass is 9.89. The number of carbonyl (C=O) groups excluding carboxylic acids is 4. The molecule has 0 radical (unpaired) electrons. The molecule has 15 heteroatoms. The van der Waals surface area contributed by atoms with Crippen LogP contribution in [0.4, 0.5) is 0 Å². The summed E-state index contributed by atoms with van der Waals surface area (Å²) < 4.78 is 12.2. The second-order valence-corrected chi connectivity index (χ2v) is 18.0. The molecule has 1 aliphatic heterocycles. The number of H-pyrrole nitrogens is 1. The molecule has 0 aliphatic carbocycles. The molecule has 9 unspecified atom stereocenters.